The van der Waals surface area contributed by atoms with Crippen LogP contribution in [0, 0.1) is 0 Å². The summed E-state index contributed by atoms with van der Waals surface area (Å²) >= 11 is 0. The highest BCUT2D eigenvalue weighted by Gasteiger charge is 2.07. The number of H-pyrrole nitrogens is 1. The summed E-state index contributed by atoms with van der Waals surface area (Å²) in [6.45, 7) is 1.34. The van der Waals surface area contributed by atoms with Crippen LogP contribution < -0.4 is 4.72 Å². The van der Waals surface area contributed by atoms with Crippen molar-refractivity contribution in [3.8, 4) is 0 Å². The van der Waals surface area contributed by atoms with Crippen LogP contribution in [0.15, 0.2) is 60.1 Å². The van der Waals surface area contributed by atoms with E-state index in [9.17, 15) is 8.42 Å². The summed E-state index contributed by atoms with van der Waals surface area (Å²) in [5.74, 6) is 0. The summed E-state index contributed by atoms with van der Waals surface area (Å²) in [7, 11) is 0.642. The van der Waals surface area contributed by atoms with E-state index in [0.717, 1.165) is 35.0 Å². The summed E-state index contributed by atoms with van der Waals surface area (Å²) in [6.07, 6.45) is 5.29. The molecule has 0 unspecified atom stereocenters. The Morgan fingerprint density at radius 1 is 1.07 bits per heavy atom. The first-order valence-electron chi connectivity index (χ1n) is 9.39. The lowest BCUT2D eigenvalue weighted by molar-refractivity contribution is 0.414. The zero-order chi connectivity index (χ0) is 20.0. The number of aromatic nitrogens is 1. The van der Waals surface area contributed by atoms with Gasteiger partial charge in [-0.15, -0.1) is 0 Å². The topological polar surface area (TPSA) is 65.2 Å². The second-order valence-electron chi connectivity index (χ2n) is 7.15. The molecule has 1 heterocycles. The Bertz CT molecular complexity index is 1040. The maximum atomic E-state index is 12.2. The van der Waals surface area contributed by atoms with E-state index in [1.165, 1.54) is 11.0 Å². The molecule has 0 atom stereocenters. The highest BCUT2D eigenvalue weighted by Crippen LogP contribution is 2.21. The Labute approximate surface area is 167 Å². The van der Waals surface area contributed by atoms with Gasteiger partial charge in [-0.25, -0.2) is 13.1 Å². The van der Waals surface area contributed by atoms with Gasteiger partial charge in [-0.05, 0) is 61.8 Å². The number of sulfonamides is 1. The predicted octanol–water partition coefficient (Wildman–Crippen LogP) is 3.40. The molecule has 3 aromatic rings. The normalized spacial score (nSPS) is 12.4. The predicted molar refractivity (Wildman–Crippen MR) is 117 cm³/mol. The molecule has 148 valence electrons. The molecule has 0 radical (unpaired) electrons. The molecule has 2 aromatic carbocycles. The molecule has 0 bridgehead atoms. The minimum absolute atomic E-state index is 0.377. The third-order valence-electron chi connectivity index (χ3n) is 4.62. The number of likely N-dealkylation sites (N-methyl/N-ethyl adjacent to an activating group) is 1. The number of rotatable bonds is 9. The molecule has 28 heavy (non-hydrogen) atoms. The van der Waals surface area contributed by atoms with Gasteiger partial charge in [-0.3, -0.25) is 0 Å². The standard InChI is InChI=1S/C22H27N3O2S/c1-25(2)14-11-20-17-23-22-9-8-19(16-21(20)22)12-15-28(26,27)24-13-10-18-6-4-3-5-7-18/h3-9,12,15-17,23-24H,10-11,13-14H2,1-2H3/b15-12+. The van der Waals surface area contributed by atoms with Crippen molar-refractivity contribution in [2.24, 2.45) is 0 Å². The highest BCUT2D eigenvalue weighted by molar-refractivity contribution is 7.92. The quantitative estimate of drug-likeness (QED) is 0.582. The molecule has 0 amide bonds. The van der Waals surface area contributed by atoms with Crippen molar-refractivity contribution in [1.29, 1.82) is 0 Å². The molecule has 0 fully saturated rings. The smallest absolute Gasteiger partial charge is 0.233 e. The van der Waals surface area contributed by atoms with E-state index < -0.39 is 10.0 Å². The van der Waals surface area contributed by atoms with Crippen LogP contribution in [0.1, 0.15) is 16.7 Å². The van der Waals surface area contributed by atoms with Crippen LogP contribution >= 0.6 is 0 Å². The van der Waals surface area contributed by atoms with E-state index in [-0.39, 0.29) is 0 Å². The van der Waals surface area contributed by atoms with Crippen LogP contribution in [0.4, 0.5) is 0 Å². The number of aromatic amines is 1. The molecule has 2 N–H and O–H groups in total. The summed E-state index contributed by atoms with van der Waals surface area (Å²) in [4.78, 5) is 5.43. The first-order valence-corrected chi connectivity index (χ1v) is 10.9. The molecule has 0 aliphatic rings. The molecule has 0 aliphatic carbocycles. The van der Waals surface area contributed by atoms with Crippen molar-refractivity contribution in [3.63, 3.8) is 0 Å². The van der Waals surface area contributed by atoms with Gasteiger partial charge in [0.05, 0.1) is 0 Å². The van der Waals surface area contributed by atoms with E-state index >= 15 is 0 Å². The fraction of sp³-hybridized carbons (Fsp3) is 0.273. The molecule has 0 spiro atoms. The maximum absolute atomic E-state index is 12.2. The van der Waals surface area contributed by atoms with Gasteiger partial charge in [-0.2, -0.15) is 0 Å². The molecule has 0 saturated heterocycles. The number of fused-ring (bicyclic) bond motifs is 1. The van der Waals surface area contributed by atoms with Gasteiger partial charge in [-0.1, -0.05) is 36.4 Å². The van der Waals surface area contributed by atoms with Crippen LogP contribution in [0.5, 0.6) is 0 Å². The zero-order valence-electron chi connectivity index (χ0n) is 16.4. The molecular formula is C22H27N3O2S. The van der Waals surface area contributed by atoms with Gasteiger partial charge in [0.15, 0.2) is 0 Å². The van der Waals surface area contributed by atoms with E-state index in [2.05, 4.69) is 28.7 Å². The van der Waals surface area contributed by atoms with Gasteiger partial charge in [0.1, 0.15) is 0 Å². The summed E-state index contributed by atoms with van der Waals surface area (Å²) < 4.78 is 27.1. The highest BCUT2D eigenvalue weighted by atomic mass is 32.2. The third kappa shape index (κ3) is 5.79. The van der Waals surface area contributed by atoms with Crippen molar-refractivity contribution in [3.05, 3.63) is 76.8 Å². The third-order valence-corrected chi connectivity index (χ3v) is 5.72. The van der Waals surface area contributed by atoms with Crippen molar-refractivity contribution in [2.75, 3.05) is 27.2 Å². The molecular weight excluding hydrogens is 370 g/mol. The monoisotopic (exact) mass is 397 g/mol. The van der Waals surface area contributed by atoms with Gasteiger partial charge >= 0.3 is 0 Å². The number of nitrogens with zero attached hydrogens (tertiary/aromatic N) is 1. The van der Waals surface area contributed by atoms with E-state index in [1.54, 1.807) is 6.08 Å². The zero-order valence-corrected chi connectivity index (χ0v) is 17.2. The number of hydrogen-bond acceptors (Lipinski definition) is 3. The van der Waals surface area contributed by atoms with Crippen molar-refractivity contribution >= 4 is 27.0 Å². The van der Waals surface area contributed by atoms with Crippen molar-refractivity contribution in [2.45, 2.75) is 12.8 Å². The minimum atomic E-state index is -3.47. The fourth-order valence-electron chi connectivity index (χ4n) is 3.05. The Morgan fingerprint density at radius 3 is 2.61 bits per heavy atom. The number of benzene rings is 2. The van der Waals surface area contributed by atoms with Crippen LogP contribution in [0.2, 0.25) is 0 Å². The van der Waals surface area contributed by atoms with Gasteiger partial charge in [0.25, 0.3) is 0 Å². The fourth-order valence-corrected chi connectivity index (χ4v) is 3.87. The van der Waals surface area contributed by atoms with E-state index in [0.29, 0.717) is 13.0 Å². The maximum Gasteiger partial charge on any atom is 0.233 e. The first-order chi connectivity index (χ1) is 13.4. The lowest BCUT2D eigenvalue weighted by atomic mass is 10.1. The van der Waals surface area contributed by atoms with Crippen LogP contribution in [0.3, 0.4) is 0 Å². The molecule has 0 saturated carbocycles. The van der Waals surface area contributed by atoms with Crippen molar-refractivity contribution < 1.29 is 8.42 Å². The van der Waals surface area contributed by atoms with Crippen LogP contribution in [-0.2, 0) is 22.9 Å². The average molecular weight is 398 g/mol. The summed E-state index contributed by atoms with van der Waals surface area (Å²) in [5.41, 5.74) is 4.28. The Balaban J connectivity index is 1.65. The van der Waals surface area contributed by atoms with Crippen LogP contribution in [-0.4, -0.2) is 45.5 Å². The van der Waals surface area contributed by atoms with Crippen LogP contribution in [0.25, 0.3) is 17.0 Å². The minimum Gasteiger partial charge on any atom is -0.361 e. The van der Waals surface area contributed by atoms with E-state index in [1.807, 2.05) is 54.7 Å². The number of nitrogens with one attached hydrogen (secondary N) is 2. The van der Waals surface area contributed by atoms with E-state index in [4.69, 9.17) is 0 Å². The van der Waals surface area contributed by atoms with Gasteiger partial charge < -0.3 is 9.88 Å². The molecule has 5 nitrogen and oxygen atoms in total. The Morgan fingerprint density at radius 2 is 1.86 bits per heavy atom. The first kappa shape index (κ1) is 20.3. The average Bonchev–Trinajstić information content (AvgIpc) is 3.08. The largest absolute Gasteiger partial charge is 0.361 e. The molecule has 0 aliphatic heterocycles. The second-order valence-corrected chi connectivity index (χ2v) is 8.80. The second kappa shape index (κ2) is 9.19. The van der Waals surface area contributed by atoms with Gasteiger partial charge in [0.2, 0.25) is 10.0 Å². The summed E-state index contributed by atoms with van der Waals surface area (Å²) in [6, 6.07) is 15.8. The Hall–Kier alpha value is -2.41. The lowest BCUT2D eigenvalue weighted by Gasteiger charge is -2.08. The molecule has 6 heteroatoms. The van der Waals surface area contributed by atoms with Gasteiger partial charge in [0, 0.05) is 35.6 Å². The van der Waals surface area contributed by atoms with Crippen molar-refractivity contribution in [1.82, 2.24) is 14.6 Å². The summed E-state index contributed by atoms with van der Waals surface area (Å²) in [5, 5.41) is 2.38. The molecule has 3 rings (SSSR count). The Kier molecular flexibility index (Phi) is 6.67. The molecule has 1 aromatic heterocycles. The SMILES string of the molecule is CN(C)CCc1c[nH]c2ccc(/C=C/S(=O)(=O)NCCc3ccccc3)cc12. The number of hydrogen-bond donors (Lipinski definition) is 2. The lowest BCUT2D eigenvalue weighted by Crippen LogP contribution is -2.23.